The van der Waals surface area contributed by atoms with Crippen LogP contribution in [-0.2, 0) is 16.0 Å². The first-order chi connectivity index (χ1) is 9.49. The molecule has 0 aliphatic carbocycles. The first kappa shape index (κ1) is 15.4. The van der Waals surface area contributed by atoms with Crippen LogP contribution < -0.4 is 10.6 Å². The van der Waals surface area contributed by atoms with Gasteiger partial charge in [0.15, 0.2) is 0 Å². The molecule has 2 amide bonds. The monoisotopic (exact) mass is 281 g/mol. The van der Waals surface area contributed by atoms with Crippen LogP contribution in [0.3, 0.4) is 0 Å². The molecule has 8 heteroatoms. The van der Waals surface area contributed by atoms with E-state index in [2.05, 4.69) is 15.6 Å². The molecule has 1 unspecified atom stereocenters. The number of carbonyl (C=O) groups excluding carboxylic acids is 1. The van der Waals surface area contributed by atoms with Gasteiger partial charge in [-0.25, -0.2) is 9.59 Å². The summed E-state index contributed by atoms with van der Waals surface area (Å²) < 4.78 is 0. The number of rotatable bonds is 7. The third-order valence-electron chi connectivity index (χ3n) is 2.43. The van der Waals surface area contributed by atoms with E-state index >= 15 is 0 Å². The Morgan fingerprint density at radius 1 is 1.20 bits per heavy atom. The molecule has 20 heavy (non-hydrogen) atoms. The fourth-order valence-corrected chi connectivity index (χ4v) is 1.45. The molecule has 0 saturated carbocycles. The van der Waals surface area contributed by atoms with Crippen molar-refractivity contribution in [2.24, 2.45) is 0 Å². The van der Waals surface area contributed by atoms with E-state index in [9.17, 15) is 14.4 Å². The molecular weight excluding hydrogens is 266 g/mol. The molecule has 4 N–H and O–H groups in total. The second kappa shape index (κ2) is 7.72. The highest BCUT2D eigenvalue weighted by Crippen LogP contribution is 1.96. The number of nitrogens with one attached hydrogen (secondary N) is 2. The fraction of sp³-hybridized carbons (Fsp3) is 0.333. The first-order valence-electron chi connectivity index (χ1n) is 5.87. The van der Waals surface area contributed by atoms with Gasteiger partial charge in [-0.2, -0.15) is 0 Å². The van der Waals surface area contributed by atoms with Crippen molar-refractivity contribution in [3.8, 4) is 0 Å². The number of amides is 2. The Morgan fingerprint density at radius 3 is 2.40 bits per heavy atom. The van der Waals surface area contributed by atoms with Crippen LogP contribution in [0.2, 0.25) is 0 Å². The summed E-state index contributed by atoms with van der Waals surface area (Å²) in [6, 6.07) is 1.43. The Morgan fingerprint density at radius 2 is 1.85 bits per heavy atom. The van der Waals surface area contributed by atoms with Crippen LogP contribution in [-0.4, -0.2) is 45.8 Å². The van der Waals surface area contributed by atoms with Crippen molar-refractivity contribution < 1.29 is 24.6 Å². The van der Waals surface area contributed by atoms with Gasteiger partial charge in [0.25, 0.3) is 0 Å². The van der Waals surface area contributed by atoms with Crippen LogP contribution in [0.1, 0.15) is 12.0 Å². The number of carboxylic acid groups (broad SMARTS) is 2. The number of hydrogen-bond acceptors (Lipinski definition) is 4. The van der Waals surface area contributed by atoms with Crippen molar-refractivity contribution in [1.29, 1.82) is 0 Å². The molecule has 0 radical (unpaired) electrons. The van der Waals surface area contributed by atoms with Crippen molar-refractivity contribution >= 4 is 18.0 Å². The number of urea groups is 1. The van der Waals surface area contributed by atoms with Crippen molar-refractivity contribution in [1.82, 2.24) is 15.6 Å². The van der Waals surface area contributed by atoms with Gasteiger partial charge in [0.05, 0.1) is 6.42 Å². The number of carbonyl (C=O) groups is 3. The Labute approximate surface area is 114 Å². The van der Waals surface area contributed by atoms with E-state index in [0.29, 0.717) is 13.0 Å². The van der Waals surface area contributed by atoms with E-state index in [1.807, 2.05) is 0 Å². The zero-order valence-corrected chi connectivity index (χ0v) is 10.6. The smallest absolute Gasteiger partial charge is 0.326 e. The molecule has 1 heterocycles. The van der Waals surface area contributed by atoms with Gasteiger partial charge in [0.1, 0.15) is 6.04 Å². The number of aliphatic carboxylic acids is 2. The van der Waals surface area contributed by atoms with Crippen molar-refractivity contribution in [3.05, 3.63) is 30.1 Å². The van der Waals surface area contributed by atoms with Crippen molar-refractivity contribution in [3.63, 3.8) is 0 Å². The first-order valence-corrected chi connectivity index (χ1v) is 5.87. The van der Waals surface area contributed by atoms with E-state index < -0.39 is 30.4 Å². The highest BCUT2D eigenvalue weighted by molar-refractivity contribution is 5.86. The number of aromatic nitrogens is 1. The normalized spacial score (nSPS) is 11.4. The van der Waals surface area contributed by atoms with Crippen LogP contribution >= 0.6 is 0 Å². The SMILES string of the molecule is O=C(O)CC(NC(=O)NCCc1ccncc1)C(=O)O. The van der Waals surface area contributed by atoms with Gasteiger partial charge >= 0.3 is 18.0 Å². The zero-order valence-electron chi connectivity index (χ0n) is 10.6. The number of pyridine rings is 1. The summed E-state index contributed by atoms with van der Waals surface area (Å²) in [5.74, 6) is -2.69. The molecule has 1 atom stereocenters. The lowest BCUT2D eigenvalue weighted by Crippen LogP contribution is -2.47. The maximum atomic E-state index is 11.4. The third-order valence-corrected chi connectivity index (χ3v) is 2.43. The van der Waals surface area contributed by atoms with E-state index in [4.69, 9.17) is 10.2 Å². The average Bonchev–Trinajstić information content (AvgIpc) is 2.38. The Kier molecular flexibility index (Phi) is 5.95. The third kappa shape index (κ3) is 5.80. The van der Waals surface area contributed by atoms with Gasteiger partial charge in [-0.3, -0.25) is 9.78 Å². The van der Waals surface area contributed by atoms with Crippen LogP contribution in [0.4, 0.5) is 4.79 Å². The van der Waals surface area contributed by atoms with Gasteiger partial charge in [0.2, 0.25) is 0 Å². The topological polar surface area (TPSA) is 129 Å². The van der Waals surface area contributed by atoms with Gasteiger partial charge in [-0.15, -0.1) is 0 Å². The van der Waals surface area contributed by atoms with Crippen LogP contribution in [0.5, 0.6) is 0 Å². The van der Waals surface area contributed by atoms with Gasteiger partial charge in [-0.05, 0) is 24.1 Å². The molecule has 0 aliphatic heterocycles. The summed E-state index contributed by atoms with van der Waals surface area (Å²) in [5.41, 5.74) is 0.973. The lowest BCUT2D eigenvalue weighted by Gasteiger charge is -2.13. The second-order valence-electron chi connectivity index (χ2n) is 3.99. The Bertz CT molecular complexity index is 477. The molecule has 8 nitrogen and oxygen atoms in total. The molecular formula is C12H15N3O5. The summed E-state index contributed by atoms with van der Waals surface area (Å²) in [6.45, 7) is 0.301. The van der Waals surface area contributed by atoms with Gasteiger partial charge < -0.3 is 20.8 Å². The summed E-state index contributed by atoms with van der Waals surface area (Å²) in [5, 5.41) is 21.8. The van der Waals surface area contributed by atoms with Crippen molar-refractivity contribution in [2.75, 3.05) is 6.54 Å². The van der Waals surface area contributed by atoms with Crippen molar-refractivity contribution in [2.45, 2.75) is 18.9 Å². The van der Waals surface area contributed by atoms with E-state index in [1.54, 1.807) is 24.5 Å². The van der Waals surface area contributed by atoms with E-state index in [1.165, 1.54) is 0 Å². The lowest BCUT2D eigenvalue weighted by molar-refractivity contribution is -0.145. The fourth-order valence-electron chi connectivity index (χ4n) is 1.45. The number of nitrogens with zero attached hydrogens (tertiary/aromatic N) is 1. The predicted molar refractivity (Wildman–Crippen MR) is 68.2 cm³/mol. The van der Waals surface area contributed by atoms with E-state index in [0.717, 1.165) is 5.56 Å². The minimum atomic E-state index is -1.45. The molecule has 0 aliphatic rings. The molecule has 108 valence electrons. The maximum absolute atomic E-state index is 11.4. The molecule has 1 aromatic heterocycles. The number of hydrogen-bond donors (Lipinski definition) is 4. The van der Waals surface area contributed by atoms with Gasteiger partial charge in [-0.1, -0.05) is 0 Å². The average molecular weight is 281 g/mol. The Balaban J connectivity index is 2.35. The number of carboxylic acids is 2. The zero-order chi connectivity index (χ0) is 15.0. The summed E-state index contributed by atoms with van der Waals surface area (Å²) in [7, 11) is 0. The predicted octanol–water partition coefficient (Wildman–Crippen LogP) is -0.149. The van der Waals surface area contributed by atoms with Crippen LogP contribution in [0, 0.1) is 0 Å². The minimum absolute atomic E-state index is 0.301. The molecule has 1 aromatic rings. The second-order valence-corrected chi connectivity index (χ2v) is 3.99. The molecule has 0 fully saturated rings. The van der Waals surface area contributed by atoms with Crippen LogP contribution in [0.15, 0.2) is 24.5 Å². The lowest BCUT2D eigenvalue weighted by atomic mass is 10.2. The molecule has 0 aromatic carbocycles. The molecule has 0 saturated heterocycles. The summed E-state index contributed by atoms with van der Waals surface area (Å²) in [6.07, 6.45) is 3.14. The molecule has 1 rings (SSSR count). The van der Waals surface area contributed by atoms with E-state index in [-0.39, 0.29) is 0 Å². The maximum Gasteiger partial charge on any atom is 0.326 e. The van der Waals surface area contributed by atoms with Gasteiger partial charge in [0, 0.05) is 18.9 Å². The highest BCUT2D eigenvalue weighted by Gasteiger charge is 2.22. The minimum Gasteiger partial charge on any atom is -0.481 e. The quantitative estimate of drug-likeness (QED) is 0.550. The molecule has 0 spiro atoms. The largest absolute Gasteiger partial charge is 0.481 e. The molecule has 0 bridgehead atoms. The standard InChI is InChI=1S/C12H15N3O5/c16-10(17)7-9(11(18)19)15-12(20)14-6-3-8-1-4-13-5-2-8/h1-2,4-5,9H,3,6-7H2,(H,16,17)(H,18,19)(H2,14,15,20). The summed E-state index contributed by atoms with van der Waals surface area (Å²) in [4.78, 5) is 36.5. The highest BCUT2D eigenvalue weighted by atomic mass is 16.4. The summed E-state index contributed by atoms with van der Waals surface area (Å²) >= 11 is 0. The Hall–Kier alpha value is -2.64. The van der Waals surface area contributed by atoms with Crippen LogP contribution in [0.25, 0.3) is 0 Å².